The number of anilines is 3. The molecule has 0 saturated heterocycles. The quantitative estimate of drug-likeness (QED) is 0.0520. The van der Waals surface area contributed by atoms with E-state index in [2.05, 4.69) is 40.4 Å². The third kappa shape index (κ3) is 12.8. The zero-order valence-electron chi connectivity index (χ0n) is 51.4. The summed E-state index contributed by atoms with van der Waals surface area (Å²) in [4.78, 5) is 75.2. The minimum atomic E-state index is -3.74. The van der Waals surface area contributed by atoms with Crippen molar-refractivity contribution in [2.75, 3.05) is 22.7 Å². The number of aliphatic hydroxyl groups is 1. The van der Waals surface area contributed by atoms with Crippen molar-refractivity contribution in [1.82, 2.24) is 15.0 Å². The molecule has 6 N–H and O–H groups in total. The molecule has 3 saturated carbocycles. The number of aliphatic hydroxyl groups excluding tert-OH is 1. The van der Waals surface area contributed by atoms with Gasteiger partial charge in [0.25, 0.3) is 0 Å². The molecule has 0 spiro atoms. The highest BCUT2D eigenvalue weighted by Gasteiger charge is 2.55. The topological polar surface area (TPSA) is 276 Å². The van der Waals surface area contributed by atoms with E-state index in [9.17, 15) is 51.7 Å². The van der Waals surface area contributed by atoms with Gasteiger partial charge < -0.3 is 59.7 Å². The van der Waals surface area contributed by atoms with Gasteiger partial charge in [0.1, 0.15) is 23.3 Å². The number of pyridine rings is 3. The molecule has 6 heterocycles. The molecular weight excluding hydrogens is 1250 g/mol. The molecule has 3 amide bonds. The lowest BCUT2D eigenvalue weighted by Gasteiger charge is -2.17. The Balaban J connectivity index is 0.000000148. The molecule has 20 nitrogen and oxygen atoms in total. The standard InChI is InChI=1S/C26H23FN2O5.C23H15F3N2O5.C23H20N2O4.2H2/c1-14-4-9-21(28-22(14)18-7-5-16(23(30)31)12-15(18)2)29-24(32)26(10-11-26)17-6-8-19-20(13-17)34-25(3,27)33-19;24-15-10-12(4-6-14(15)20(29)30)16-2-1-3-19(27-16)28-21(31)22(8-9-22)13-5-7-17-18(11-13)33-23(25,26)32-17;26-13-15-4-6-16(7-5-15)18-2-1-3-21(24-18)25-22(27)23(10-11-23)17-8-9-19-20(12-17)29-14-28-19;;/h4-9,12-13H,10-11H2,1-3H3,(H,30,31)(H,28,29,32);1-7,10-11H,8-9H2,(H,29,30)(H,27,28,31);1-9,12,26H,10-11,13-14H2,(H,24,25,27);2*1H. The number of carbonyl (C=O) groups is 5. The lowest BCUT2D eigenvalue weighted by atomic mass is 9.94. The second-order valence-corrected chi connectivity index (χ2v) is 24.1. The first-order valence-electron chi connectivity index (χ1n) is 30.4. The SMILES string of the molecule is Cc1cc(C(=O)O)ccc1-c1nc(NC(=O)C2(c3ccc4c(c3)OC(C)(F)O4)CC2)ccc1C.O=C(Nc1cccc(-c2ccc(CO)cc2)n1)C1(c2ccc3c(c2)OCO3)CC1.O=C(O)c1ccc(-c2cccc(NC(=O)C3(c4ccc5c(c4)OC(F)(F)O5)CC3)n2)cc1F.[HH].[HH]. The smallest absolute Gasteiger partial charge is 0.478 e. The minimum absolute atomic E-state index is 0. The molecule has 9 aromatic rings. The van der Waals surface area contributed by atoms with Gasteiger partial charge in [-0.15, -0.1) is 8.78 Å². The summed E-state index contributed by atoms with van der Waals surface area (Å²) in [5, 5.41) is 36.0. The number of ether oxygens (including phenoxy) is 6. The number of rotatable bonds is 15. The number of aromatic nitrogens is 3. The zero-order chi connectivity index (χ0) is 67.5. The third-order valence-electron chi connectivity index (χ3n) is 17.5. The normalized spacial score (nSPS) is 17.5. The number of aromatic carboxylic acids is 2. The summed E-state index contributed by atoms with van der Waals surface area (Å²) >= 11 is 0. The maximum Gasteiger partial charge on any atom is 0.586 e. The number of nitrogens with zero attached hydrogens (tertiary/aromatic N) is 3. The first-order chi connectivity index (χ1) is 45.9. The number of nitrogens with one attached hydrogen (secondary N) is 3. The number of hydrogen-bond acceptors (Lipinski definition) is 15. The van der Waals surface area contributed by atoms with Gasteiger partial charge in [0, 0.05) is 26.5 Å². The highest BCUT2D eigenvalue weighted by molar-refractivity contribution is 6.03. The summed E-state index contributed by atoms with van der Waals surface area (Å²) in [5.74, 6) is -1.03. The Labute approximate surface area is 547 Å². The molecule has 0 bridgehead atoms. The number of halogens is 4. The van der Waals surface area contributed by atoms with Crippen LogP contribution >= 0.6 is 0 Å². The number of amides is 3. The molecule has 15 rings (SSSR count). The fourth-order valence-electron chi connectivity index (χ4n) is 11.7. The average molecular weight is 1310 g/mol. The molecule has 6 aromatic carbocycles. The van der Waals surface area contributed by atoms with Gasteiger partial charge in [-0.1, -0.05) is 72.8 Å². The van der Waals surface area contributed by atoms with Gasteiger partial charge in [-0.05, 0) is 177 Å². The first-order valence-corrected chi connectivity index (χ1v) is 30.4. The van der Waals surface area contributed by atoms with Crippen LogP contribution < -0.4 is 44.4 Å². The van der Waals surface area contributed by atoms with E-state index in [1.807, 2.05) is 74.5 Å². The van der Waals surface area contributed by atoms with E-state index in [4.69, 9.17) is 24.1 Å². The van der Waals surface area contributed by atoms with E-state index >= 15 is 0 Å². The number of carbonyl (C=O) groups excluding carboxylic acids is 3. The van der Waals surface area contributed by atoms with Crippen molar-refractivity contribution in [3.63, 3.8) is 0 Å². The molecule has 3 aromatic heterocycles. The lowest BCUT2D eigenvalue weighted by Crippen LogP contribution is -2.28. The minimum Gasteiger partial charge on any atom is -0.478 e. The van der Waals surface area contributed by atoms with Crippen LogP contribution in [0.5, 0.6) is 34.5 Å². The summed E-state index contributed by atoms with van der Waals surface area (Å²) in [6.07, 6.45) is 0.167. The number of carboxylic acids is 2. The van der Waals surface area contributed by atoms with Crippen LogP contribution in [0.3, 0.4) is 0 Å². The number of benzene rings is 6. The zero-order valence-corrected chi connectivity index (χ0v) is 51.4. The summed E-state index contributed by atoms with van der Waals surface area (Å²) in [6, 6.07) is 42.8. The molecule has 492 valence electrons. The summed E-state index contributed by atoms with van der Waals surface area (Å²) < 4.78 is 84.7. The largest absolute Gasteiger partial charge is 0.586 e. The van der Waals surface area contributed by atoms with Gasteiger partial charge in [-0.2, -0.15) is 4.39 Å². The highest BCUT2D eigenvalue weighted by Crippen LogP contribution is 2.55. The average Bonchev–Trinajstić information content (AvgIpc) is 1.60. The first kappa shape index (κ1) is 63.4. The van der Waals surface area contributed by atoms with Gasteiger partial charge in [0.05, 0.1) is 51.1 Å². The molecule has 96 heavy (non-hydrogen) atoms. The van der Waals surface area contributed by atoms with Crippen LogP contribution in [0.25, 0.3) is 33.8 Å². The summed E-state index contributed by atoms with van der Waals surface area (Å²) in [7, 11) is 0. The number of carboxylic acid groups (broad SMARTS) is 2. The Morgan fingerprint density at radius 3 is 1.52 bits per heavy atom. The maximum absolute atomic E-state index is 14.0. The van der Waals surface area contributed by atoms with Gasteiger partial charge >= 0.3 is 24.3 Å². The van der Waals surface area contributed by atoms with Crippen molar-refractivity contribution in [3.8, 4) is 68.3 Å². The molecule has 1 unspecified atom stereocenters. The number of alkyl halides is 3. The van der Waals surface area contributed by atoms with Crippen molar-refractivity contribution in [2.45, 2.75) is 94.5 Å². The Bertz CT molecular complexity index is 4670. The second-order valence-electron chi connectivity index (χ2n) is 24.1. The molecule has 6 aliphatic rings. The van der Waals surface area contributed by atoms with Crippen LogP contribution in [0.2, 0.25) is 0 Å². The van der Waals surface area contributed by atoms with Crippen molar-refractivity contribution in [2.24, 2.45) is 0 Å². The molecule has 3 aliphatic carbocycles. The van der Waals surface area contributed by atoms with E-state index in [1.54, 1.807) is 66.7 Å². The van der Waals surface area contributed by atoms with Crippen molar-refractivity contribution in [1.29, 1.82) is 0 Å². The lowest BCUT2D eigenvalue weighted by molar-refractivity contribution is -0.286. The van der Waals surface area contributed by atoms with E-state index < -0.39 is 51.9 Å². The van der Waals surface area contributed by atoms with Gasteiger partial charge in [0.15, 0.2) is 34.5 Å². The molecule has 1 atom stereocenters. The van der Waals surface area contributed by atoms with Crippen LogP contribution in [0, 0.1) is 19.7 Å². The van der Waals surface area contributed by atoms with Crippen LogP contribution in [0.15, 0.2) is 164 Å². The molecule has 3 fully saturated rings. The van der Waals surface area contributed by atoms with Crippen LogP contribution in [0.4, 0.5) is 35.0 Å². The predicted octanol–water partition coefficient (Wildman–Crippen LogP) is 13.9. The van der Waals surface area contributed by atoms with Gasteiger partial charge in [0.2, 0.25) is 24.5 Å². The van der Waals surface area contributed by atoms with E-state index in [0.29, 0.717) is 77.1 Å². The molecule has 3 aliphatic heterocycles. The van der Waals surface area contributed by atoms with E-state index in [1.165, 1.54) is 31.2 Å². The Morgan fingerprint density at radius 1 is 0.500 bits per heavy atom. The molecular formula is C72H62F4N6O14. The number of hydrogen-bond donors (Lipinski definition) is 6. The number of fused-ring (bicyclic) bond motifs is 3. The number of aryl methyl sites for hydroxylation is 2. The highest BCUT2D eigenvalue weighted by atomic mass is 19.3. The fourth-order valence-corrected chi connectivity index (χ4v) is 11.7. The molecule has 24 heteroatoms. The van der Waals surface area contributed by atoms with Crippen LogP contribution in [-0.2, 0) is 37.2 Å². The van der Waals surface area contributed by atoms with Crippen LogP contribution in [0.1, 0.15) is 102 Å². The fraction of sp³-hybridized carbons (Fsp3) is 0.222. The van der Waals surface area contributed by atoms with Crippen molar-refractivity contribution < 1.29 is 88.1 Å². The Morgan fingerprint density at radius 2 is 0.990 bits per heavy atom. The third-order valence-corrected chi connectivity index (χ3v) is 17.5. The van der Waals surface area contributed by atoms with Crippen molar-refractivity contribution in [3.05, 3.63) is 214 Å². The summed E-state index contributed by atoms with van der Waals surface area (Å²) in [6.45, 7) is 5.14. The Kier molecular flexibility index (Phi) is 16.2. The van der Waals surface area contributed by atoms with E-state index in [-0.39, 0.29) is 62.6 Å². The Hall–Kier alpha value is -11.4. The van der Waals surface area contributed by atoms with Gasteiger partial charge in [-0.25, -0.2) is 28.9 Å². The van der Waals surface area contributed by atoms with Crippen LogP contribution in [-0.4, -0.2) is 79.1 Å². The van der Waals surface area contributed by atoms with Gasteiger partial charge in [-0.3, -0.25) is 14.4 Å². The maximum atomic E-state index is 14.0. The second kappa shape index (κ2) is 24.5. The molecule has 0 radical (unpaired) electrons. The summed E-state index contributed by atoms with van der Waals surface area (Å²) in [5.41, 5.74) is 6.09. The van der Waals surface area contributed by atoms with Crippen molar-refractivity contribution >= 4 is 47.1 Å². The van der Waals surface area contributed by atoms with E-state index in [0.717, 1.165) is 69.6 Å². The monoisotopic (exact) mass is 1310 g/mol. The predicted molar refractivity (Wildman–Crippen MR) is 344 cm³/mol.